The van der Waals surface area contributed by atoms with Gasteiger partial charge < -0.3 is 13.7 Å². The highest BCUT2D eigenvalue weighted by Gasteiger charge is 2.36. The minimum atomic E-state index is -0.0584. The van der Waals surface area contributed by atoms with Crippen LogP contribution >= 0.6 is 0 Å². The minimum Gasteiger partial charge on any atom is -0.309 e. The third kappa shape index (κ3) is 14.9. The summed E-state index contributed by atoms with van der Waals surface area (Å²) in [6, 6.07) is 160. The molecule has 0 amide bonds. The van der Waals surface area contributed by atoms with Gasteiger partial charge in [-0.3, -0.25) is 0 Å². The molecule has 622 valence electrons. The molecule has 0 aliphatic heterocycles. The molecule has 1 aliphatic rings. The Balaban J connectivity index is 0.000000114. The van der Waals surface area contributed by atoms with E-state index in [1.54, 1.807) is 0 Å². The van der Waals surface area contributed by atoms with E-state index in [2.05, 4.69) is 307 Å². The van der Waals surface area contributed by atoms with Gasteiger partial charge in [0.15, 0.2) is 52.4 Å². The third-order valence-corrected chi connectivity index (χ3v) is 25.1. The number of rotatable bonds is 14. The summed E-state index contributed by atoms with van der Waals surface area (Å²) in [6.07, 6.45) is 0. The molecule has 24 aromatic rings. The predicted molar refractivity (Wildman–Crippen MR) is 540 cm³/mol. The Morgan fingerprint density at radius 2 is 0.402 bits per heavy atom. The van der Waals surface area contributed by atoms with Gasteiger partial charge >= 0.3 is 0 Å². The van der Waals surface area contributed by atoms with Crippen molar-refractivity contribution < 1.29 is 0 Å². The molecule has 0 N–H and O–H groups in total. The first-order valence-electron chi connectivity index (χ1n) is 44.5. The van der Waals surface area contributed by atoms with E-state index in [1.165, 1.54) is 87.9 Å². The fraction of sp³-hybridized carbons (Fsp3) is 0.0250. The standard InChI is InChI=1S/C48H34N4.C39H26N4.C33H22N4/c1-48(2)41-22-11-9-20-37(41)38-26-24-33(29-42(38)48)34-25-27-40-39-21-10-12-23-43(39)52(44(40)30-34)36-19-13-18-35(28-36)47-50-45(31-14-5-3-6-15-31)49-46(51-47)32-16-7-4-8-17-32;1-4-13-27(14-5-1)30-23-24-36-34(26-30)33-21-10-11-22-35(33)43(36)32-20-12-19-31(25-32)39-41-37(28-15-6-2-7-16-28)40-38(42-39)29-17-8-3-9-18-29;1-3-12-23(13-4-1)31-34-32(24-14-5-2-6-15-24)36-33(35-31)25-16-11-17-26(22-25)37-29-20-9-7-18-27(29)28-19-8-10-21-30(28)37/h3-30H,1-2H3;1-26H;1-22H. The zero-order chi connectivity index (χ0) is 88.0. The Morgan fingerprint density at radius 1 is 0.152 bits per heavy atom. The van der Waals surface area contributed by atoms with Gasteiger partial charge in [-0.1, -0.05) is 390 Å². The second-order valence-electron chi connectivity index (χ2n) is 33.6. The van der Waals surface area contributed by atoms with E-state index >= 15 is 0 Å². The quantitative estimate of drug-likeness (QED) is 0.104. The van der Waals surface area contributed by atoms with Crippen LogP contribution < -0.4 is 0 Å². The largest absolute Gasteiger partial charge is 0.309 e. The van der Waals surface area contributed by atoms with Crippen LogP contribution in [0.4, 0.5) is 0 Å². The summed E-state index contributed by atoms with van der Waals surface area (Å²) in [5, 5.41) is 7.36. The molecule has 0 unspecified atom stereocenters. The van der Waals surface area contributed by atoms with E-state index < -0.39 is 0 Å². The fourth-order valence-corrected chi connectivity index (χ4v) is 18.7. The molecule has 6 aromatic heterocycles. The number of nitrogens with zero attached hydrogens (tertiary/aromatic N) is 12. The lowest BCUT2D eigenvalue weighted by Crippen LogP contribution is -2.14. The maximum atomic E-state index is 5.02. The van der Waals surface area contributed by atoms with Crippen LogP contribution in [0, 0.1) is 0 Å². The molecule has 0 fully saturated rings. The Bertz CT molecular complexity index is 8240. The van der Waals surface area contributed by atoms with Crippen molar-refractivity contribution >= 4 is 65.4 Å². The molecular formula is C120H82N12. The van der Waals surface area contributed by atoms with Crippen molar-refractivity contribution in [2.45, 2.75) is 19.3 Å². The topological polar surface area (TPSA) is 131 Å². The van der Waals surface area contributed by atoms with Gasteiger partial charge in [0, 0.05) is 105 Å². The summed E-state index contributed by atoms with van der Waals surface area (Å²) in [7, 11) is 0. The normalized spacial score (nSPS) is 11.9. The summed E-state index contributed by atoms with van der Waals surface area (Å²) in [4.78, 5) is 44.4. The number of fused-ring (bicyclic) bond motifs is 12. The highest BCUT2D eigenvalue weighted by atomic mass is 15.1. The van der Waals surface area contributed by atoms with Crippen LogP contribution in [0.25, 0.3) is 218 Å². The maximum Gasteiger partial charge on any atom is 0.164 e. The SMILES string of the molecule is CC1(C)c2ccccc2-c2ccc(-c3ccc4c5ccccc5n(-c5cccc(-c6nc(-c7ccccc7)nc(-c7ccccc7)n6)c5)c4c3)cc21.c1ccc(-c2ccc3c(c2)c2ccccc2n3-c2cccc(-c3nc(-c4ccccc4)nc(-c4ccccc4)n3)c2)cc1.c1ccc(-c2nc(-c3ccccc3)nc(-c3cccc(-n4c5ccccc5c5ccccc54)c3)n2)cc1. The van der Waals surface area contributed by atoms with Crippen LogP contribution in [0.2, 0.25) is 0 Å². The van der Waals surface area contributed by atoms with Crippen molar-refractivity contribution in [3.63, 3.8) is 0 Å². The highest BCUT2D eigenvalue weighted by Crippen LogP contribution is 2.50. The zero-order valence-corrected chi connectivity index (χ0v) is 72.2. The molecule has 0 bridgehead atoms. The molecule has 0 atom stereocenters. The molecule has 132 heavy (non-hydrogen) atoms. The van der Waals surface area contributed by atoms with Crippen molar-refractivity contribution in [1.29, 1.82) is 0 Å². The molecule has 1 aliphatic carbocycles. The Kier molecular flexibility index (Phi) is 20.3. The van der Waals surface area contributed by atoms with Gasteiger partial charge in [-0.2, -0.15) is 0 Å². The number of benzene rings is 18. The minimum absolute atomic E-state index is 0.0584. The lowest BCUT2D eigenvalue weighted by molar-refractivity contribution is 0.660. The molecule has 0 spiro atoms. The smallest absolute Gasteiger partial charge is 0.164 e. The highest BCUT2D eigenvalue weighted by molar-refractivity contribution is 6.13. The van der Waals surface area contributed by atoms with Crippen molar-refractivity contribution in [3.05, 3.63) is 472 Å². The molecule has 18 aromatic carbocycles. The van der Waals surface area contributed by atoms with Crippen molar-refractivity contribution in [1.82, 2.24) is 58.6 Å². The second kappa shape index (κ2) is 34.0. The van der Waals surface area contributed by atoms with Gasteiger partial charge in [-0.05, 0) is 129 Å². The summed E-state index contributed by atoms with van der Waals surface area (Å²) in [5.74, 6) is 5.85. The Morgan fingerprint density at radius 3 is 0.773 bits per heavy atom. The van der Waals surface area contributed by atoms with Crippen molar-refractivity contribution in [2.24, 2.45) is 0 Å². The third-order valence-electron chi connectivity index (χ3n) is 25.1. The van der Waals surface area contributed by atoms with Crippen LogP contribution in [0.5, 0.6) is 0 Å². The van der Waals surface area contributed by atoms with Gasteiger partial charge in [0.1, 0.15) is 0 Å². The average molecular weight is 1690 g/mol. The predicted octanol–water partition coefficient (Wildman–Crippen LogP) is 29.5. The van der Waals surface area contributed by atoms with E-state index in [4.69, 9.17) is 44.9 Å². The van der Waals surface area contributed by atoms with E-state index in [0.717, 1.165) is 89.2 Å². The molecule has 12 nitrogen and oxygen atoms in total. The summed E-state index contributed by atoms with van der Waals surface area (Å²) in [5.41, 5.74) is 28.9. The molecule has 0 saturated carbocycles. The van der Waals surface area contributed by atoms with Crippen LogP contribution in [0.3, 0.4) is 0 Å². The number of para-hydroxylation sites is 4. The van der Waals surface area contributed by atoms with E-state index in [1.807, 2.05) is 182 Å². The molecule has 0 saturated heterocycles. The first kappa shape index (κ1) is 79.1. The number of hydrogen-bond donors (Lipinski definition) is 0. The lowest BCUT2D eigenvalue weighted by atomic mass is 9.81. The summed E-state index contributed by atoms with van der Waals surface area (Å²) < 4.78 is 7.02. The lowest BCUT2D eigenvalue weighted by Gasteiger charge is -2.22. The molecule has 0 radical (unpaired) electrons. The van der Waals surface area contributed by atoms with Gasteiger partial charge in [0.25, 0.3) is 0 Å². The van der Waals surface area contributed by atoms with Gasteiger partial charge in [0.2, 0.25) is 0 Å². The van der Waals surface area contributed by atoms with Crippen LogP contribution in [-0.4, -0.2) is 58.6 Å². The molecular weight excluding hydrogens is 1610 g/mol. The van der Waals surface area contributed by atoms with E-state index in [-0.39, 0.29) is 5.41 Å². The number of aromatic nitrogens is 12. The Labute approximate surface area is 763 Å². The van der Waals surface area contributed by atoms with Crippen LogP contribution in [0.15, 0.2) is 461 Å². The summed E-state index contributed by atoms with van der Waals surface area (Å²) in [6.45, 7) is 4.68. The molecule has 12 heteroatoms. The van der Waals surface area contributed by atoms with Crippen molar-refractivity contribution in [3.8, 4) is 153 Å². The molecule has 6 heterocycles. The van der Waals surface area contributed by atoms with E-state index in [0.29, 0.717) is 52.4 Å². The first-order chi connectivity index (χ1) is 65.2. The van der Waals surface area contributed by atoms with E-state index in [9.17, 15) is 0 Å². The average Bonchev–Trinajstić information content (AvgIpc) is 1.59. The second-order valence-corrected chi connectivity index (χ2v) is 33.6. The summed E-state index contributed by atoms with van der Waals surface area (Å²) >= 11 is 0. The Hall–Kier alpha value is -17.6. The van der Waals surface area contributed by atoms with Gasteiger partial charge in [-0.15, -0.1) is 0 Å². The zero-order valence-electron chi connectivity index (χ0n) is 72.2. The van der Waals surface area contributed by atoms with Gasteiger partial charge in [-0.25, -0.2) is 44.9 Å². The first-order valence-corrected chi connectivity index (χ1v) is 44.5. The monoisotopic (exact) mass is 1690 g/mol. The number of hydrogen-bond acceptors (Lipinski definition) is 9. The fourth-order valence-electron chi connectivity index (χ4n) is 18.7. The maximum absolute atomic E-state index is 5.02. The van der Waals surface area contributed by atoms with Crippen LogP contribution in [0.1, 0.15) is 25.0 Å². The van der Waals surface area contributed by atoms with Gasteiger partial charge in [0.05, 0.1) is 33.1 Å². The van der Waals surface area contributed by atoms with Crippen molar-refractivity contribution in [2.75, 3.05) is 0 Å². The van der Waals surface area contributed by atoms with Crippen LogP contribution in [-0.2, 0) is 5.41 Å². The molecule has 25 rings (SSSR count).